The molecule has 0 unspecified atom stereocenters. The van der Waals surface area contributed by atoms with Crippen LogP contribution < -0.4 is 5.32 Å². The van der Waals surface area contributed by atoms with Gasteiger partial charge in [-0.1, -0.05) is 6.07 Å². The van der Waals surface area contributed by atoms with Gasteiger partial charge in [0.15, 0.2) is 5.76 Å². The molecule has 0 saturated heterocycles. The van der Waals surface area contributed by atoms with Crippen LogP contribution in [0.3, 0.4) is 0 Å². The van der Waals surface area contributed by atoms with Gasteiger partial charge in [0.2, 0.25) is 0 Å². The molecule has 24 heavy (non-hydrogen) atoms. The van der Waals surface area contributed by atoms with Crippen molar-refractivity contribution in [1.82, 2.24) is 4.98 Å². The van der Waals surface area contributed by atoms with Crippen LogP contribution in [0.25, 0.3) is 0 Å². The zero-order valence-electron chi connectivity index (χ0n) is 12.8. The summed E-state index contributed by atoms with van der Waals surface area (Å²) in [5.41, 5.74) is 1.41. The molecule has 122 valence electrons. The number of ether oxygens (including phenoxy) is 1. The van der Waals surface area contributed by atoms with Crippen molar-refractivity contribution in [3.63, 3.8) is 0 Å². The number of aromatic nitrogens is 1. The maximum absolute atomic E-state index is 12.2. The van der Waals surface area contributed by atoms with E-state index in [1.54, 1.807) is 43.5 Å². The second-order valence-electron chi connectivity index (χ2n) is 4.95. The van der Waals surface area contributed by atoms with Gasteiger partial charge in [-0.15, -0.1) is 11.3 Å². The maximum atomic E-state index is 12.2. The Hall–Kier alpha value is -2.93. The number of hydrogen-bond donors (Lipinski definition) is 1. The van der Waals surface area contributed by atoms with Gasteiger partial charge in [0.25, 0.3) is 5.91 Å². The molecular formula is C17H14N2O4S. The van der Waals surface area contributed by atoms with Crippen molar-refractivity contribution in [2.24, 2.45) is 0 Å². The highest BCUT2D eigenvalue weighted by Gasteiger charge is 2.17. The number of thiophene rings is 1. The van der Waals surface area contributed by atoms with E-state index in [2.05, 4.69) is 10.3 Å². The van der Waals surface area contributed by atoms with Crippen molar-refractivity contribution >= 4 is 28.2 Å². The van der Waals surface area contributed by atoms with Crippen LogP contribution in [0.4, 0.5) is 5.00 Å². The zero-order valence-corrected chi connectivity index (χ0v) is 13.6. The molecule has 0 aliphatic carbocycles. The van der Waals surface area contributed by atoms with Crippen molar-refractivity contribution in [2.75, 3.05) is 5.32 Å². The number of carbonyl (C=O) groups is 2. The number of aryl methyl sites for hydroxylation is 1. The Morgan fingerprint density at radius 1 is 1.29 bits per heavy atom. The summed E-state index contributed by atoms with van der Waals surface area (Å²) in [6.45, 7) is 1.89. The summed E-state index contributed by atoms with van der Waals surface area (Å²) in [6, 6.07) is 10.3. The Labute approximate surface area is 142 Å². The SMILES string of the molecule is Cc1cc(NC(=O)c2ccco2)sc1C(=O)OCc1ccccn1. The third-order valence-electron chi connectivity index (χ3n) is 3.16. The topological polar surface area (TPSA) is 81.4 Å². The lowest BCUT2D eigenvalue weighted by atomic mass is 10.3. The number of pyridine rings is 1. The standard InChI is InChI=1S/C17H14N2O4S/c1-11-9-14(19-16(20)13-6-4-8-22-13)24-15(11)17(21)23-10-12-5-2-3-7-18-12/h2-9H,10H2,1H3,(H,19,20). The molecule has 3 aromatic heterocycles. The van der Waals surface area contributed by atoms with Crippen LogP contribution in [0.5, 0.6) is 0 Å². The Balaban J connectivity index is 1.65. The van der Waals surface area contributed by atoms with Gasteiger partial charge >= 0.3 is 5.97 Å². The average molecular weight is 342 g/mol. The predicted octanol–water partition coefficient (Wildman–Crippen LogP) is 3.65. The minimum absolute atomic E-state index is 0.102. The summed E-state index contributed by atoms with van der Waals surface area (Å²) in [5, 5.41) is 3.25. The highest BCUT2D eigenvalue weighted by molar-refractivity contribution is 7.18. The van der Waals surface area contributed by atoms with Gasteiger partial charge < -0.3 is 14.5 Å². The maximum Gasteiger partial charge on any atom is 0.349 e. The summed E-state index contributed by atoms with van der Waals surface area (Å²) in [4.78, 5) is 28.7. The fourth-order valence-corrected chi connectivity index (χ4v) is 2.98. The van der Waals surface area contributed by atoms with E-state index in [1.165, 1.54) is 6.26 Å². The fourth-order valence-electron chi connectivity index (χ4n) is 2.02. The minimum atomic E-state index is -0.443. The van der Waals surface area contributed by atoms with E-state index in [-0.39, 0.29) is 18.3 Å². The van der Waals surface area contributed by atoms with Crippen LogP contribution in [-0.4, -0.2) is 16.9 Å². The molecule has 0 fully saturated rings. The lowest BCUT2D eigenvalue weighted by Gasteiger charge is -2.03. The van der Waals surface area contributed by atoms with Gasteiger partial charge in [-0.2, -0.15) is 0 Å². The van der Waals surface area contributed by atoms with Crippen molar-refractivity contribution in [3.8, 4) is 0 Å². The molecule has 0 radical (unpaired) electrons. The van der Waals surface area contributed by atoms with Gasteiger partial charge in [0.1, 0.15) is 11.5 Å². The van der Waals surface area contributed by atoms with Gasteiger partial charge in [0, 0.05) is 6.20 Å². The molecule has 0 aromatic carbocycles. The second kappa shape index (κ2) is 7.10. The third kappa shape index (κ3) is 3.69. The first kappa shape index (κ1) is 15.9. The number of hydrogen-bond acceptors (Lipinski definition) is 6. The molecule has 0 aliphatic rings. The van der Waals surface area contributed by atoms with Crippen LogP contribution in [-0.2, 0) is 11.3 Å². The zero-order chi connectivity index (χ0) is 16.9. The molecule has 7 heteroatoms. The van der Waals surface area contributed by atoms with E-state index in [0.29, 0.717) is 15.6 Å². The quantitative estimate of drug-likeness (QED) is 0.716. The lowest BCUT2D eigenvalue weighted by molar-refractivity contribution is 0.0472. The first-order valence-corrected chi connectivity index (χ1v) is 7.97. The number of esters is 1. The largest absolute Gasteiger partial charge is 0.459 e. The monoisotopic (exact) mass is 342 g/mol. The summed E-state index contributed by atoms with van der Waals surface area (Å²) in [5.74, 6) is -0.600. The van der Waals surface area contributed by atoms with Crippen molar-refractivity contribution in [2.45, 2.75) is 13.5 Å². The molecule has 3 heterocycles. The van der Waals surface area contributed by atoms with Crippen LogP contribution in [0.1, 0.15) is 31.5 Å². The lowest BCUT2D eigenvalue weighted by Crippen LogP contribution is -2.09. The molecular weight excluding hydrogens is 328 g/mol. The minimum Gasteiger partial charge on any atom is -0.459 e. The van der Waals surface area contributed by atoms with Crippen LogP contribution in [0.2, 0.25) is 0 Å². The van der Waals surface area contributed by atoms with E-state index in [1.807, 2.05) is 6.07 Å². The van der Waals surface area contributed by atoms with Gasteiger partial charge in [-0.25, -0.2) is 4.79 Å². The number of carbonyl (C=O) groups excluding carboxylic acids is 2. The van der Waals surface area contributed by atoms with E-state index >= 15 is 0 Å². The second-order valence-corrected chi connectivity index (χ2v) is 6.00. The van der Waals surface area contributed by atoms with Crippen molar-refractivity contribution in [1.29, 1.82) is 0 Å². The molecule has 0 atom stereocenters. The molecule has 1 N–H and O–H groups in total. The van der Waals surface area contributed by atoms with Crippen LogP contribution in [0, 0.1) is 6.92 Å². The van der Waals surface area contributed by atoms with Crippen LogP contribution >= 0.6 is 11.3 Å². The summed E-state index contributed by atoms with van der Waals surface area (Å²) in [7, 11) is 0. The average Bonchev–Trinajstić information content (AvgIpc) is 3.23. The first-order valence-electron chi connectivity index (χ1n) is 7.16. The molecule has 3 aromatic rings. The van der Waals surface area contributed by atoms with Gasteiger partial charge in [0.05, 0.1) is 17.0 Å². The number of anilines is 1. The van der Waals surface area contributed by atoms with E-state index in [0.717, 1.165) is 16.9 Å². The van der Waals surface area contributed by atoms with Crippen molar-refractivity contribution in [3.05, 3.63) is 70.8 Å². The number of nitrogens with zero attached hydrogens (tertiary/aromatic N) is 1. The van der Waals surface area contributed by atoms with E-state index in [4.69, 9.17) is 9.15 Å². The Kier molecular flexibility index (Phi) is 4.72. The highest BCUT2D eigenvalue weighted by atomic mass is 32.1. The van der Waals surface area contributed by atoms with Gasteiger partial charge in [-0.05, 0) is 42.8 Å². The van der Waals surface area contributed by atoms with Gasteiger partial charge in [-0.3, -0.25) is 9.78 Å². The normalized spacial score (nSPS) is 10.4. The molecule has 0 spiro atoms. The van der Waals surface area contributed by atoms with Crippen LogP contribution in [0.15, 0.2) is 53.3 Å². The summed E-state index contributed by atoms with van der Waals surface area (Å²) >= 11 is 1.16. The Morgan fingerprint density at radius 3 is 2.88 bits per heavy atom. The summed E-state index contributed by atoms with van der Waals surface area (Å²) < 4.78 is 10.3. The molecule has 6 nitrogen and oxygen atoms in total. The number of nitrogens with one attached hydrogen (secondary N) is 1. The number of amides is 1. The Morgan fingerprint density at radius 2 is 2.17 bits per heavy atom. The molecule has 0 saturated carbocycles. The Bertz CT molecular complexity index is 841. The highest BCUT2D eigenvalue weighted by Crippen LogP contribution is 2.28. The fraction of sp³-hybridized carbons (Fsp3) is 0.118. The summed E-state index contributed by atoms with van der Waals surface area (Å²) in [6.07, 6.45) is 3.07. The number of rotatable bonds is 5. The third-order valence-corrected chi connectivity index (χ3v) is 4.29. The molecule has 1 amide bonds. The molecule has 0 bridgehead atoms. The van der Waals surface area contributed by atoms with E-state index < -0.39 is 5.97 Å². The smallest absolute Gasteiger partial charge is 0.349 e. The molecule has 0 aliphatic heterocycles. The predicted molar refractivity (Wildman–Crippen MR) is 89.1 cm³/mol. The molecule has 3 rings (SSSR count). The first-order chi connectivity index (χ1) is 11.6. The van der Waals surface area contributed by atoms with Crippen molar-refractivity contribution < 1.29 is 18.7 Å². The van der Waals surface area contributed by atoms with E-state index in [9.17, 15) is 9.59 Å². The number of furan rings is 1.